The van der Waals surface area contributed by atoms with E-state index in [2.05, 4.69) is 5.32 Å². The maximum absolute atomic E-state index is 12.8. The van der Waals surface area contributed by atoms with E-state index in [9.17, 15) is 13.2 Å². The first-order valence-corrected chi connectivity index (χ1v) is 11.5. The molecular weight excluding hydrogens is 428 g/mol. The second-order valence-corrected chi connectivity index (χ2v) is 9.14. The second kappa shape index (κ2) is 10.9. The number of anilines is 1. The highest BCUT2D eigenvalue weighted by Crippen LogP contribution is 2.20. The van der Waals surface area contributed by atoms with Gasteiger partial charge in [-0.1, -0.05) is 30.3 Å². The van der Waals surface area contributed by atoms with E-state index in [1.807, 2.05) is 30.3 Å². The van der Waals surface area contributed by atoms with E-state index in [0.29, 0.717) is 30.2 Å². The second-order valence-electron chi connectivity index (χ2n) is 7.09. The lowest BCUT2D eigenvalue weighted by molar-refractivity contribution is 0.102. The topological polar surface area (TPSA) is 84.9 Å². The molecule has 3 rings (SSSR count). The Hall–Kier alpha value is -3.20. The first-order valence-electron chi connectivity index (χ1n) is 10.0. The molecule has 0 heterocycles. The highest BCUT2D eigenvalue weighted by atomic mass is 32.2. The minimum absolute atomic E-state index is 0.159. The molecule has 0 radical (unpaired) electrons. The fraction of sp³-hybridized carbons (Fsp3) is 0.208. The Kier molecular flexibility index (Phi) is 7.99. The van der Waals surface area contributed by atoms with Gasteiger partial charge in [-0.3, -0.25) is 4.79 Å². The number of carbonyl (C=O) groups excluding carboxylic acids is 1. The monoisotopic (exact) mass is 454 g/mol. The molecule has 32 heavy (non-hydrogen) atoms. The summed E-state index contributed by atoms with van der Waals surface area (Å²) in [5.74, 6) is 0.345. The maximum Gasteiger partial charge on any atom is 0.255 e. The summed E-state index contributed by atoms with van der Waals surface area (Å²) in [6, 6.07) is 22.2. The molecular formula is C24H26N2O5S. The summed E-state index contributed by atoms with van der Waals surface area (Å²) in [7, 11) is -0.510. The number of carbonyl (C=O) groups is 1. The molecule has 0 aliphatic rings. The van der Waals surface area contributed by atoms with Crippen LogP contribution in [0.1, 0.15) is 15.9 Å². The Bertz CT molecular complexity index is 1120. The third kappa shape index (κ3) is 6.16. The lowest BCUT2D eigenvalue weighted by Crippen LogP contribution is -2.26. The van der Waals surface area contributed by atoms with Crippen molar-refractivity contribution in [2.45, 2.75) is 11.4 Å². The standard InChI is InChI=1S/C24H26N2O5S/c1-26(18-19-6-4-3-5-7-19)32(28,29)23-14-10-21(11-15-23)25-24(27)20-8-12-22(13-9-20)31-17-16-30-2/h3-15H,16-18H2,1-2H3,(H,25,27). The van der Waals surface area contributed by atoms with Crippen molar-refractivity contribution in [2.24, 2.45) is 0 Å². The molecule has 0 saturated heterocycles. The molecule has 0 fully saturated rings. The molecule has 0 bridgehead atoms. The largest absolute Gasteiger partial charge is 0.491 e. The third-order valence-corrected chi connectivity index (χ3v) is 6.56. The summed E-state index contributed by atoms with van der Waals surface area (Å²) >= 11 is 0. The van der Waals surface area contributed by atoms with Gasteiger partial charge in [0.2, 0.25) is 10.0 Å². The van der Waals surface area contributed by atoms with Gasteiger partial charge in [-0.2, -0.15) is 4.31 Å². The van der Waals surface area contributed by atoms with Crippen LogP contribution in [-0.4, -0.2) is 46.0 Å². The molecule has 3 aromatic rings. The Balaban J connectivity index is 1.61. The van der Waals surface area contributed by atoms with Crippen LogP contribution in [0.5, 0.6) is 5.75 Å². The molecule has 168 valence electrons. The van der Waals surface area contributed by atoms with E-state index in [4.69, 9.17) is 9.47 Å². The summed E-state index contributed by atoms with van der Waals surface area (Å²) in [4.78, 5) is 12.6. The van der Waals surface area contributed by atoms with E-state index in [1.165, 1.54) is 16.4 Å². The number of ether oxygens (including phenoxy) is 2. The Morgan fingerprint density at radius 1 is 0.906 bits per heavy atom. The number of nitrogens with zero attached hydrogens (tertiary/aromatic N) is 1. The molecule has 0 atom stereocenters. The number of amides is 1. The van der Waals surface area contributed by atoms with Crippen molar-refractivity contribution < 1.29 is 22.7 Å². The predicted molar refractivity (Wildman–Crippen MR) is 123 cm³/mol. The zero-order chi connectivity index (χ0) is 23.0. The molecule has 0 unspecified atom stereocenters. The van der Waals surface area contributed by atoms with Gasteiger partial charge in [0.1, 0.15) is 12.4 Å². The van der Waals surface area contributed by atoms with Gasteiger partial charge in [0.05, 0.1) is 11.5 Å². The fourth-order valence-electron chi connectivity index (χ4n) is 2.96. The highest BCUT2D eigenvalue weighted by Gasteiger charge is 2.21. The number of hydrogen-bond donors (Lipinski definition) is 1. The average molecular weight is 455 g/mol. The van der Waals surface area contributed by atoms with Gasteiger partial charge < -0.3 is 14.8 Å². The number of methoxy groups -OCH3 is 1. The van der Waals surface area contributed by atoms with Crippen molar-refractivity contribution in [2.75, 3.05) is 32.7 Å². The smallest absolute Gasteiger partial charge is 0.255 e. The molecule has 0 aliphatic heterocycles. The van der Waals surface area contributed by atoms with Crippen molar-refractivity contribution in [3.8, 4) is 5.75 Å². The molecule has 3 aromatic carbocycles. The number of benzene rings is 3. The van der Waals surface area contributed by atoms with Crippen molar-refractivity contribution in [1.82, 2.24) is 4.31 Å². The summed E-state index contributed by atoms with van der Waals surface area (Å²) in [5.41, 5.74) is 1.86. The SMILES string of the molecule is COCCOc1ccc(C(=O)Nc2ccc(S(=O)(=O)N(C)Cc3ccccc3)cc2)cc1. The number of hydrogen-bond acceptors (Lipinski definition) is 5. The van der Waals surface area contributed by atoms with Crippen molar-refractivity contribution in [1.29, 1.82) is 0 Å². The van der Waals surface area contributed by atoms with Gasteiger partial charge in [-0.05, 0) is 54.1 Å². The number of rotatable bonds is 10. The summed E-state index contributed by atoms with van der Waals surface area (Å²) in [5, 5.41) is 2.77. The molecule has 0 aromatic heterocycles. The lowest BCUT2D eigenvalue weighted by atomic mass is 10.2. The third-order valence-electron chi connectivity index (χ3n) is 4.74. The van der Waals surface area contributed by atoms with Crippen LogP contribution in [0, 0.1) is 0 Å². The maximum atomic E-state index is 12.8. The Labute approximate surface area is 188 Å². The molecule has 0 saturated carbocycles. The quantitative estimate of drug-likeness (QED) is 0.471. The van der Waals surface area contributed by atoms with Gasteiger partial charge in [0.25, 0.3) is 5.91 Å². The first kappa shape index (κ1) is 23.5. The molecule has 1 amide bonds. The van der Waals surface area contributed by atoms with Gasteiger partial charge in [0, 0.05) is 32.0 Å². The van der Waals surface area contributed by atoms with Crippen molar-refractivity contribution in [3.63, 3.8) is 0 Å². The van der Waals surface area contributed by atoms with Gasteiger partial charge in [0.15, 0.2) is 0 Å². The van der Waals surface area contributed by atoms with Crippen LogP contribution >= 0.6 is 0 Å². The summed E-state index contributed by atoms with van der Waals surface area (Å²) in [6.07, 6.45) is 0. The first-order chi connectivity index (χ1) is 15.4. The molecule has 7 nitrogen and oxygen atoms in total. The van der Waals surface area contributed by atoms with Crippen LogP contribution in [0.2, 0.25) is 0 Å². The Morgan fingerprint density at radius 3 is 2.19 bits per heavy atom. The number of sulfonamides is 1. The predicted octanol–water partition coefficient (Wildman–Crippen LogP) is 3.78. The van der Waals surface area contributed by atoms with Crippen molar-refractivity contribution >= 4 is 21.6 Å². The van der Waals surface area contributed by atoms with Crippen LogP contribution in [-0.2, 0) is 21.3 Å². The zero-order valence-electron chi connectivity index (χ0n) is 18.0. The molecule has 8 heteroatoms. The van der Waals surface area contributed by atoms with Crippen LogP contribution in [0.15, 0.2) is 83.8 Å². The normalized spacial score (nSPS) is 11.3. The molecule has 0 spiro atoms. The van der Waals surface area contributed by atoms with Crippen LogP contribution < -0.4 is 10.1 Å². The molecule has 0 aliphatic carbocycles. The van der Waals surface area contributed by atoms with E-state index in [0.717, 1.165) is 5.56 Å². The number of nitrogens with one attached hydrogen (secondary N) is 1. The summed E-state index contributed by atoms with van der Waals surface area (Å²) < 4.78 is 37.4. The minimum atomic E-state index is -3.65. The van der Waals surface area contributed by atoms with Gasteiger partial charge in [-0.15, -0.1) is 0 Å². The lowest BCUT2D eigenvalue weighted by Gasteiger charge is -2.17. The fourth-order valence-corrected chi connectivity index (χ4v) is 4.12. The van der Waals surface area contributed by atoms with E-state index in [1.54, 1.807) is 50.6 Å². The van der Waals surface area contributed by atoms with Crippen LogP contribution in [0.4, 0.5) is 5.69 Å². The van der Waals surface area contributed by atoms with E-state index < -0.39 is 10.0 Å². The zero-order valence-corrected chi connectivity index (χ0v) is 18.8. The minimum Gasteiger partial charge on any atom is -0.491 e. The highest BCUT2D eigenvalue weighted by molar-refractivity contribution is 7.89. The van der Waals surface area contributed by atoms with Gasteiger partial charge in [-0.25, -0.2) is 8.42 Å². The van der Waals surface area contributed by atoms with E-state index >= 15 is 0 Å². The summed E-state index contributed by atoms with van der Waals surface area (Å²) in [6.45, 7) is 1.18. The van der Waals surface area contributed by atoms with E-state index in [-0.39, 0.29) is 17.3 Å². The van der Waals surface area contributed by atoms with Crippen LogP contribution in [0.25, 0.3) is 0 Å². The van der Waals surface area contributed by atoms with Crippen LogP contribution in [0.3, 0.4) is 0 Å². The Morgan fingerprint density at radius 2 is 1.56 bits per heavy atom. The average Bonchev–Trinajstić information content (AvgIpc) is 2.80. The van der Waals surface area contributed by atoms with Crippen molar-refractivity contribution in [3.05, 3.63) is 90.0 Å². The van der Waals surface area contributed by atoms with Gasteiger partial charge >= 0.3 is 0 Å². The molecule has 1 N–H and O–H groups in total.